The van der Waals surface area contributed by atoms with Crippen LogP contribution in [0.4, 0.5) is 30.7 Å². The van der Waals surface area contributed by atoms with Crippen LogP contribution in [0.3, 0.4) is 0 Å². The molecular weight excluding hydrogens is 629 g/mol. The number of benzene rings is 2. The van der Waals surface area contributed by atoms with E-state index in [1.54, 1.807) is 0 Å². The van der Waals surface area contributed by atoms with Gasteiger partial charge >= 0.3 is 12.5 Å². The Labute approximate surface area is 272 Å². The molecule has 47 heavy (non-hydrogen) atoms. The summed E-state index contributed by atoms with van der Waals surface area (Å²) in [4.78, 5) is 0. The smallest absolute Gasteiger partial charge is 0.432 e. The van der Waals surface area contributed by atoms with E-state index in [1.165, 1.54) is 58.3 Å². The molecule has 262 valence electrons. The monoisotopic (exact) mass is 674 g/mol. The molecule has 11 heteroatoms. The van der Waals surface area contributed by atoms with E-state index in [2.05, 4.69) is 11.7 Å². The first-order chi connectivity index (χ1) is 22.3. The van der Waals surface area contributed by atoms with E-state index in [9.17, 15) is 22.0 Å². The van der Waals surface area contributed by atoms with Crippen LogP contribution in [-0.4, -0.2) is 32.0 Å². The Morgan fingerprint density at radius 1 is 0.745 bits per heavy atom. The van der Waals surface area contributed by atoms with Crippen LogP contribution in [0.1, 0.15) is 89.5 Å². The summed E-state index contributed by atoms with van der Waals surface area (Å²) >= 11 is 0. The van der Waals surface area contributed by atoms with E-state index < -0.39 is 47.8 Å². The minimum Gasteiger partial charge on any atom is -0.432 e. The third-order valence-electron chi connectivity index (χ3n) is 10.3. The number of hydrogen-bond donors (Lipinski definition) is 0. The highest BCUT2D eigenvalue weighted by Gasteiger charge is 2.46. The first-order valence-electron chi connectivity index (χ1n) is 17.0. The van der Waals surface area contributed by atoms with Crippen molar-refractivity contribution in [2.75, 3.05) is 13.2 Å². The fourth-order valence-corrected chi connectivity index (χ4v) is 7.60. The molecule has 0 amide bonds. The van der Waals surface area contributed by atoms with Crippen molar-refractivity contribution in [1.82, 2.24) is 0 Å². The van der Waals surface area contributed by atoms with E-state index in [-0.39, 0.29) is 35.4 Å². The molecule has 0 radical (unpaired) electrons. The van der Waals surface area contributed by atoms with Crippen molar-refractivity contribution < 1.29 is 49.7 Å². The Morgan fingerprint density at radius 3 is 2.00 bits per heavy atom. The second kappa shape index (κ2) is 15.3. The Morgan fingerprint density at radius 2 is 1.40 bits per heavy atom. The van der Waals surface area contributed by atoms with Crippen LogP contribution >= 0.6 is 0 Å². The molecule has 3 fully saturated rings. The fourth-order valence-electron chi connectivity index (χ4n) is 7.60. The Hall–Kier alpha value is -2.53. The van der Waals surface area contributed by atoms with Gasteiger partial charge in [-0.15, -0.1) is 13.2 Å². The molecule has 0 N–H and O–H groups in total. The average Bonchev–Trinajstić information content (AvgIpc) is 3.03. The van der Waals surface area contributed by atoms with Crippen LogP contribution in [-0.2, 0) is 9.47 Å². The zero-order valence-electron chi connectivity index (χ0n) is 27.0. The molecule has 1 aliphatic heterocycles. The Balaban J connectivity index is 1.09. The van der Waals surface area contributed by atoms with Crippen molar-refractivity contribution in [1.29, 1.82) is 0 Å². The quantitative estimate of drug-likeness (QED) is 0.176. The van der Waals surface area contributed by atoms with Crippen LogP contribution in [0.15, 0.2) is 30.3 Å². The molecule has 0 aromatic heterocycles. The topological polar surface area (TPSA) is 36.9 Å². The molecule has 2 aromatic rings. The number of unbranched alkanes of at least 4 members (excludes halogenated alkanes) is 2. The van der Waals surface area contributed by atoms with Gasteiger partial charge in [-0.25, -0.2) is 8.78 Å². The lowest BCUT2D eigenvalue weighted by Crippen LogP contribution is -2.43. The second-order valence-corrected chi connectivity index (χ2v) is 13.6. The van der Waals surface area contributed by atoms with E-state index in [0.717, 1.165) is 30.2 Å². The minimum atomic E-state index is -5.10. The summed E-state index contributed by atoms with van der Waals surface area (Å²) in [5.41, 5.74) is -0.475. The maximum atomic E-state index is 15.2. The van der Waals surface area contributed by atoms with Crippen LogP contribution in [0.25, 0.3) is 11.1 Å². The fraction of sp³-hybridized carbons (Fsp3) is 0.667. The minimum absolute atomic E-state index is 0.0193. The maximum Gasteiger partial charge on any atom is 0.573 e. The Kier molecular flexibility index (Phi) is 11.7. The van der Waals surface area contributed by atoms with Gasteiger partial charge in [0.15, 0.2) is 17.9 Å². The van der Waals surface area contributed by atoms with Gasteiger partial charge in [0.25, 0.3) is 0 Å². The number of hydrogen-bond acceptors (Lipinski definition) is 4. The lowest BCUT2D eigenvalue weighted by atomic mass is 9.74. The highest BCUT2D eigenvalue weighted by molar-refractivity contribution is 5.67. The predicted molar refractivity (Wildman–Crippen MR) is 163 cm³/mol. The third-order valence-corrected chi connectivity index (χ3v) is 10.3. The SMILES string of the molecule is CCCCCC1CCC(C2COC(C3CCC(C(F)(F)Oc4ccc(-c5cc(C)c(OC(F)(F)F)c(F)c5)c(F)c4)CC3)OC2)CC1. The zero-order chi connectivity index (χ0) is 33.8. The molecule has 2 aromatic carbocycles. The van der Waals surface area contributed by atoms with Gasteiger partial charge < -0.3 is 18.9 Å². The molecule has 2 aliphatic carbocycles. The van der Waals surface area contributed by atoms with E-state index >= 15 is 8.78 Å². The molecule has 0 atom stereocenters. The summed E-state index contributed by atoms with van der Waals surface area (Å²) in [5, 5.41) is 0. The van der Waals surface area contributed by atoms with Gasteiger partial charge in [-0.1, -0.05) is 45.4 Å². The number of halogens is 7. The van der Waals surface area contributed by atoms with Gasteiger partial charge in [0.05, 0.1) is 19.1 Å². The summed E-state index contributed by atoms with van der Waals surface area (Å²) in [6.07, 6.45) is 2.54. The van der Waals surface area contributed by atoms with Crippen LogP contribution in [0, 0.1) is 48.1 Å². The average molecular weight is 675 g/mol. The first kappa shape index (κ1) is 35.8. The van der Waals surface area contributed by atoms with E-state index in [0.29, 0.717) is 44.0 Å². The molecule has 4 nitrogen and oxygen atoms in total. The molecule has 1 heterocycles. The van der Waals surface area contributed by atoms with Crippen molar-refractivity contribution in [3.63, 3.8) is 0 Å². The lowest BCUT2D eigenvalue weighted by Gasteiger charge is -2.41. The van der Waals surface area contributed by atoms with Gasteiger partial charge in [-0.2, -0.15) is 8.78 Å². The molecule has 1 saturated heterocycles. The van der Waals surface area contributed by atoms with Gasteiger partial charge in [0.2, 0.25) is 0 Å². The normalized spacial score (nSPS) is 27.4. The van der Waals surface area contributed by atoms with Crippen LogP contribution < -0.4 is 9.47 Å². The number of ether oxygens (including phenoxy) is 4. The highest BCUT2D eigenvalue weighted by Crippen LogP contribution is 2.44. The lowest BCUT2D eigenvalue weighted by molar-refractivity contribution is -0.275. The van der Waals surface area contributed by atoms with Gasteiger partial charge in [0.1, 0.15) is 11.6 Å². The van der Waals surface area contributed by atoms with E-state index in [4.69, 9.17) is 14.2 Å². The number of aryl methyl sites for hydroxylation is 1. The highest BCUT2D eigenvalue weighted by atomic mass is 19.4. The summed E-state index contributed by atoms with van der Waals surface area (Å²) in [6, 6.07) is 4.84. The standard InChI is InChI=1S/C36H45F7O4/c1-3-4-5-6-23-7-9-24(10-8-23)27-20-44-34(45-21-27)25-11-13-28(14-12-25)35(39,40)46-29-15-16-30(31(37)19-29)26-17-22(2)33(32(38)18-26)47-36(41,42)43/h15-19,23-25,27-28,34H,3-14,20-21H2,1-2H3. The first-order valence-corrected chi connectivity index (χ1v) is 17.0. The van der Waals surface area contributed by atoms with Gasteiger partial charge in [-0.05, 0) is 92.7 Å². The van der Waals surface area contributed by atoms with Crippen molar-refractivity contribution in [2.45, 2.75) is 110 Å². The van der Waals surface area contributed by atoms with Gasteiger partial charge in [0, 0.05) is 23.5 Å². The summed E-state index contributed by atoms with van der Waals surface area (Å²) in [7, 11) is 0. The maximum absolute atomic E-state index is 15.2. The largest absolute Gasteiger partial charge is 0.573 e. The van der Waals surface area contributed by atoms with Crippen LogP contribution in [0.2, 0.25) is 0 Å². The number of alkyl halides is 5. The van der Waals surface area contributed by atoms with Crippen molar-refractivity contribution in [3.05, 3.63) is 47.5 Å². The van der Waals surface area contributed by atoms with Crippen molar-refractivity contribution >= 4 is 0 Å². The molecule has 3 aliphatic rings. The molecule has 0 bridgehead atoms. The van der Waals surface area contributed by atoms with E-state index in [1.807, 2.05) is 0 Å². The van der Waals surface area contributed by atoms with Crippen molar-refractivity contribution in [3.8, 4) is 22.6 Å². The van der Waals surface area contributed by atoms with Gasteiger partial charge in [-0.3, -0.25) is 0 Å². The summed E-state index contributed by atoms with van der Waals surface area (Å²) < 4.78 is 119. The van der Waals surface area contributed by atoms with Crippen molar-refractivity contribution in [2.24, 2.45) is 29.6 Å². The predicted octanol–water partition coefficient (Wildman–Crippen LogP) is 11.0. The molecular formula is C36H45F7O4. The Bertz CT molecular complexity index is 1290. The molecule has 2 saturated carbocycles. The zero-order valence-corrected chi connectivity index (χ0v) is 27.0. The second-order valence-electron chi connectivity index (χ2n) is 13.6. The molecule has 0 spiro atoms. The third kappa shape index (κ3) is 9.34. The summed E-state index contributed by atoms with van der Waals surface area (Å²) in [5.74, 6) is -2.97. The van der Waals surface area contributed by atoms with Crippen LogP contribution in [0.5, 0.6) is 11.5 Å². The number of rotatable bonds is 11. The molecule has 0 unspecified atom stereocenters. The summed E-state index contributed by atoms with van der Waals surface area (Å²) in [6.45, 7) is 4.71. The molecule has 5 rings (SSSR count).